The van der Waals surface area contributed by atoms with E-state index in [2.05, 4.69) is 14.2 Å². The average Bonchev–Trinajstić information content (AvgIpc) is 2.18. The third-order valence-corrected chi connectivity index (χ3v) is 1.48. The summed E-state index contributed by atoms with van der Waals surface area (Å²) in [4.78, 5) is 33.6. The Kier molecular flexibility index (Phi) is 10.7. The van der Waals surface area contributed by atoms with Crippen LogP contribution in [-0.2, 0) is 28.6 Å². The van der Waals surface area contributed by atoms with Gasteiger partial charge in [0.1, 0.15) is 0 Å². The molecule has 0 saturated carbocycles. The van der Waals surface area contributed by atoms with E-state index >= 15 is 0 Å². The van der Waals surface area contributed by atoms with Gasteiger partial charge in [-0.25, -0.2) is 0 Å². The second-order valence-electron chi connectivity index (χ2n) is 2.46. The summed E-state index contributed by atoms with van der Waals surface area (Å²) in [6.07, 6.45) is 0. The fourth-order valence-electron chi connectivity index (χ4n) is 0.858. The fraction of sp³-hybridized carbons (Fsp3) is 0.667. The van der Waals surface area contributed by atoms with Crippen LogP contribution in [0.5, 0.6) is 0 Å². The molecule has 0 saturated heterocycles. The second-order valence-corrected chi connectivity index (χ2v) is 2.46. The van der Waals surface area contributed by atoms with E-state index in [-0.39, 0.29) is 42.8 Å². The van der Waals surface area contributed by atoms with Gasteiger partial charge in [0, 0.05) is 0 Å². The monoisotopic (exact) mass is 241 g/mol. The van der Waals surface area contributed by atoms with Crippen molar-refractivity contribution in [2.75, 3.05) is 20.3 Å². The number of carbonyl (C=O) groups excluding carboxylic acids is 3. The molecule has 0 amide bonds. The van der Waals surface area contributed by atoms with Crippen LogP contribution in [0.1, 0.15) is 13.8 Å². The summed E-state index contributed by atoms with van der Waals surface area (Å²) in [6.45, 7) is 3.28. The van der Waals surface area contributed by atoms with E-state index in [1.807, 2.05) is 0 Å². The first-order chi connectivity index (χ1) is 7.08. The van der Waals surface area contributed by atoms with Gasteiger partial charge in [0.25, 0.3) is 5.92 Å². The molecule has 0 aliphatic rings. The molecule has 0 bridgehead atoms. The van der Waals surface area contributed by atoms with Crippen LogP contribution in [0, 0.1) is 5.92 Å². The van der Waals surface area contributed by atoms with Crippen molar-refractivity contribution in [3.05, 3.63) is 0 Å². The van der Waals surface area contributed by atoms with Crippen molar-refractivity contribution >= 4 is 17.9 Å². The molecule has 0 fully saturated rings. The van der Waals surface area contributed by atoms with Crippen molar-refractivity contribution < 1.29 is 58.2 Å². The molecule has 86 valence electrons. The minimum absolute atomic E-state index is 0. The zero-order valence-electron chi connectivity index (χ0n) is 9.94. The maximum atomic E-state index is 11.2. The summed E-state index contributed by atoms with van der Waals surface area (Å²) < 4.78 is 13.4. The standard InChI is InChI=1S/C9H14O6.Na/c1-4-14-8(11)6(7(10)13-3)9(12)15-5-2;/h6H,4-5H2,1-3H3;/q;+1. The number of hydrogen-bond donors (Lipinski definition) is 0. The molecule has 0 heterocycles. The molecule has 0 aliphatic carbocycles. The fourth-order valence-corrected chi connectivity index (χ4v) is 0.858. The van der Waals surface area contributed by atoms with E-state index < -0.39 is 23.8 Å². The van der Waals surface area contributed by atoms with Crippen molar-refractivity contribution in [2.24, 2.45) is 5.92 Å². The molecular weight excluding hydrogens is 227 g/mol. The van der Waals surface area contributed by atoms with Crippen molar-refractivity contribution in [3.63, 3.8) is 0 Å². The molecule has 0 unspecified atom stereocenters. The Morgan fingerprint density at radius 2 is 1.31 bits per heavy atom. The topological polar surface area (TPSA) is 78.9 Å². The predicted molar refractivity (Wildman–Crippen MR) is 48.8 cm³/mol. The molecule has 0 rings (SSSR count). The summed E-state index contributed by atoms with van der Waals surface area (Å²) in [6, 6.07) is 0. The zero-order valence-corrected chi connectivity index (χ0v) is 11.9. The summed E-state index contributed by atoms with van der Waals surface area (Å²) >= 11 is 0. The number of carbonyl (C=O) groups is 3. The van der Waals surface area contributed by atoms with Crippen molar-refractivity contribution in [1.29, 1.82) is 0 Å². The third kappa shape index (κ3) is 5.48. The van der Waals surface area contributed by atoms with E-state index in [9.17, 15) is 14.4 Å². The molecule has 0 aliphatic heterocycles. The first-order valence-corrected chi connectivity index (χ1v) is 4.49. The maximum absolute atomic E-state index is 11.2. The Bertz CT molecular complexity index is 234. The van der Waals surface area contributed by atoms with Gasteiger partial charge < -0.3 is 14.2 Å². The molecule has 0 radical (unpaired) electrons. The largest absolute Gasteiger partial charge is 1.00 e. The van der Waals surface area contributed by atoms with Crippen LogP contribution >= 0.6 is 0 Å². The predicted octanol–water partition coefficient (Wildman–Crippen LogP) is -3.09. The Morgan fingerprint density at radius 3 is 1.56 bits per heavy atom. The van der Waals surface area contributed by atoms with Gasteiger partial charge in [-0.05, 0) is 13.8 Å². The molecule has 7 heteroatoms. The molecule has 16 heavy (non-hydrogen) atoms. The summed E-state index contributed by atoms with van der Waals surface area (Å²) in [5.41, 5.74) is 0. The molecule has 6 nitrogen and oxygen atoms in total. The van der Waals surface area contributed by atoms with Gasteiger partial charge in [-0.3, -0.25) is 14.4 Å². The summed E-state index contributed by atoms with van der Waals surface area (Å²) in [5, 5.41) is 0. The van der Waals surface area contributed by atoms with Crippen LogP contribution < -0.4 is 29.6 Å². The molecule has 0 aromatic carbocycles. The SMILES string of the molecule is CCOC(=O)C(C(=O)OC)C(=O)OCC.[Na+]. The number of hydrogen-bond acceptors (Lipinski definition) is 6. The number of ether oxygens (including phenoxy) is 3. The van der Waals surface area contributed by atoms with Crippen molar-refractivity contribution in [1.82, 2.24) is 0 Å². The Balaban J connectivity index is 0. The Morgan fingerprint density at radius 1 is 0.938 bits per heavy atom. The molecular formula is C9H14NaO6+. The van der Waals surface area contributed by atoms with Gasteiger partial charge in [-0.2, -0.15) is 0 Å². The second kappa shape index (κ2) is 9.62. The van der Waals surface area contributed by atoms with Gasteiger partial charge in [0.15, 0.2) is 0 Å². The first-order valence-electron chi connectivity index (χ1n) is 4.49. The van der Waals surface area contributed by atoms with Crippen LogP contribution in [0.2, 0.25) is 0 Å². The molecule has 0 atom stereocenters. The van der Waals surface area contributed by atoms with Gasteiger partial charge >= 0.3 is 47.5 Å². The molecule has 0 N–H and O–H groups in total. The minimum Gasteiger partial charge on any atom is -0.468 e. The van der Waals surface area contributed by atoms with Crippen LogP contribution in [0.15, 0.2) is 0 Å². The number of methoxy groups -OCH3 is 1. The minimum atomic E-state index is -1.64. The normalized spacial score (nSPS) is 9.00. The van der Waals surface area contributed by atoms with E-state index in [1.165, 1.54) is 0 Å². The van der Waals surface area contributed by atoms with E-state index in [0.717, 1.165) is 7.11 Å². The van der Waals surface area contributed by atoms with E-state index in [0.29, 0.717) is 0 Å². The van der Waals surface area contributed by atoms with Crippen molar-refractivity contribution in [3.8, 4) is 0 Å². The maximum Gasteiger partial charge on any atom is 1.00 e. The molecule has 0 spiro atoms. The summed E-state index contributed by atoms with van der Waals surface area (Å²) in [7, 11) is 1.08. The van der Waals surface area contributed by atoms with Crippen LogP contribution in [0.3, 0.4) is 0 Å². The Hall–Kier alpha value is -0.590. The number of rotatable bonds is 5. The number of esters is 3. The van der Waals surface area contributed by atoms with E-state index in [4.69, 9.17) is 0 Å². The smallest absolute Gasteiger partial charge is 0.468 e. The quantitative estimate of drug-likeness (QED) is 0.220. The van der Waals surface area contributed by atoms with Gasteiger partial charge in [-0.15, -0.1) is 0 Å². The van der Waals surface area contributed by atoms with E-state index in [1.54, 1.807) is 13.8 Å². The van der Waals surface area contributed by atoms with Crippen LogP contribution in [-0.4, -0.2) is 38.2 Å². The molecule has 0 aromatic rings. The first kappa shape index (κ1) is 17.8. The van der Waals surface area contributed by atoms with Crippen LogP contribution in [0.4, 0.5) is 0 Å². The van der Waals surface area contributed by atoms with Gasteiger partial charge in [0.2, 0.25) is 0 Å². The summed E-state index contributed by atoms with van der Waals surface area (Å²) in [5.74, 6) is -4.53. The average molecular weight is 241 g/mol. The zero-order chi connectivity index (χ0) is 11.8. The Labute approximate surface area is 116 Å². The van der Waals surface area contributed by atoms with Gasteiger partial charge in [-0.1, -0.05) is 0 Å². The van der Waals surface area contributed by atoms with Crippen molar-refractivity contribution in [2.45, 2.75) is 13.8 Å². The third-order valence-electron chi connectivity index (χ3n) is 1.48. The van der Waals surface area contributed by atoms with Crippen LogP contribution in [0.25, 0.3) is 0 Å². The van der Waals surface area contributed by atoms with Gasteiger partial charge in [0.05, 0.1) is 20.3 Å². The molecule has 0 aromatic heterocycles.